The number of fused-ring (bicyclic) bond motifs is 3. The van der Waals surface area contributed by atoms with Crippen LogP contribution in [0.5, 0.6) is 5.75 Å². The summed E-state index contributed by atoms with van der Waals surface area (Å²) in [5, 5.41) is 4.33. The van der Waals surface area contributed by atoms with Gasteiger partial charge in [0.2, 0.25) is 0 Å². The molecule has 1 aromatic carbocycles. The summed E-state index contributed by atoms with van der Waals surface area (Å²) in [6, 6.07) is 8.39. The Morgan fingerprint density at radius 1 is 1.43 bits per heavy atom. The van der Waals surface area contributed by atoms with Crippen molar-refractivity contribution in [3.63, 3.8) is 0 Å². The molecule has 0 spiro atoms. The molecule has 0 saturated heterocycles. The molecular weight excluding hydrogens is 370 g/mol. The summed E-state index contributed by atoms with van der Waals surface area (Å²) in [6.07, 6.45) is 7.25. The number of aromatic nitrogens is 2. The van der Waals surface area contributed by atoms with Crippen LogP contribution in [-0.4, -0.2) is 29.2 Å². The molecule has 0 radical (unpaired) electrons. The molecule has 4 rings (SSSR count). The minimum Gasteiger partial charge on any atom is -0.496 e. The van der Waals surface area contributed by atoms with Gasteiger partial charge in [-0.2, -0.15) is 0 Å². The van der Waals surface area contributed by atoms with E-state index in [9.17, 15) is 4.79 Å². The minimum atomic E-state index is 0.0786. The fourth-order valence-corrected chi connectivity index (χ4v) is 5.19. The van der Waals surface area contributed by atoms with E-state index in [0.29, 0.717) is 12.6 Å². The van der Waals surface area contributed by atoms with Crippen LogP contribution in [-0.2, 0) is 25.8 Å². The van der Waals surface area contributed by atoms with Crippen LogP contribution in [0.25, 0.3) is 10.2 Å². The molecule has 6 heteroatoms. The number of methoxy groups -OCH3 is 1. The van der Waals surface area contributed by atoms with Gasteiger partial charge in [0.05, 0.1) is 18.8 Å². The summed E-state index contributed by atoms with van der Waals surface area (Å²) >= 11 is 1.67. The Morgan fingerprint density at radius 2 is 2.29 bits per heavy atom. The summed E-state index contributed by atoms with van der Waals surface area (Å²) in [4.78, 5) is 19.9. The van der Waals surface area contributed by atoms with Crippen molar-refractivity contribution >= 4 is 21.6 Å². The Balaban J connectivity index is 1.59. The number of rotatable bonds is 7. The molecule has 1 aliphatic carbocycles. The second kappa shape index (κ2) is 8.29. The average molecular weight is 396 g/mol. The standard InChI is InChI=1S/C22H25N3O2S/c1-3-11-23-16-8-9-17-19(13-16)28-21-20(17)22(26)25(14-24-21)12-10-15-6-4-5-7-18(15)27-2/h3-7,14,16,23H,1,8-13H2,2H3. The molecule has 0 fully saturated rings. The zero-order valence-electron chi connectivity index (χ0n) is 16.1. The third kappa shape index (κ3) is 3.62. The highest BCUT2D eigenvalue weighted by molar-refractivity contribution is 7.18. The molecule has 3 aromatic rings. The summed E-state index contributed by atoms with van der Waals surface area (Å²) in [5.74, 6) is 0.857. The van der Waals surface area contributed by atoms with Gasteiger partial charge in [0.15, 0.2) is 0 Å². The number of thiophene rings is 1. The third-order valence-corrected chi connectivity index (χ3v) is 6.56. The summed E-state index contributed by atoms with van der Waals surface area (Å²) < 4.78 is 7.16. The molecule has 0 aliphatic heterocycles. The van der Waals surface area contributed by atoms with Crippen LogP contribution < -0.4 is 15.6 Å². The molecule has 146 valence electrons. The van der Waals surface area contributed by atoms with E-state index < -0.39 is 0 Å². The van der Waals surface area contributed by atoms with E-state index in [-0.39, 0.29) is 5.56 Å². The van der Waals surface area contributed by atoms with Crippen molar-refractivity contribution in [2.24, 2.45) is 0 Å². The quantitative estimate of drug-likeness (QED) is 0.624. The van der Waals surface area contributed by atoms with Crippen molar-refractivity contribution in [3.8, 4) is 5.75 Å². The van der Waals surface area contributed by atoms with Crippen LogP contribution in [0, 0.1) is 0 Å². The first-order valence-electron chi connectivity index (χ1n) is 9.67. The van der Waals surface area contributed by atoms with Crippen molar-refractivity contribution in [2.45, 2.75) is 38.3 Å². The molecule has 0 bridgehead atoms. The van der Waals surface area contributed by atoms with Gasteiger partial charge < -0.3 is 10.1 Å². The third-order valence-electron chi connectivity index (χ3n) is 5.40. The molecule has 2 aromatic heterocycles. The molecule has 28 heavy (non-hydrogen) atoms. The Labute approximate surface area is 168 Å². The Morgan fingerprint density at radius 3 is 3.11 bits per heavy atom. The minimum absolute atomic E-state index is 0.0786. The van der Waals surface area contributed by atoms with Crippen LogP contribution in [0.3, 0.4) is 0 Å². The molecule has 0 amide bonds. The Hall–Kier alpha value is -2.44. The topological polar surface area (TPSA) is 56.1 Å². The predicted octanol–water partition coefficient (Wildman–Crippen LogP) is 3.34. The molecule has 1 atom stereocenters. The maximum atomic E-state index is 13.2. The average Bonchev–Trinajstić information content (AvgIpc) is 3.10. The molecule has 1 unspecified atom stereocenters. The number of nitrogens with zero attached hydrogens (tertiary/aromatic N) is 2. The van der Waals surface area contributed by atoms with Crippen molar-refractivity contribution in [1.29, 1.82) is 0 Å². The van der Waals surface area contributed by atoms with Gasteiger partial charge >= 0.3 is 0 Å². The molecule has 5 nitrogen and oxygen atoms in total. The first kappa shape index (κ1) is 18.9. The second-order valence-electron chi connectivity index (χ2n) is 7.13. The maximum Gasteiger partial charge on any atom is 0.262 e. The van der Waals surface area contributed by atoms with Gasteiger partial charge in [-0.3, -0.25) is 9.36 Å². The van der Waals surface area contributed by atoms with Crippen LogP contribution in [0.15, 0.2) is 48.0 Å². The lowest BCUT2D eigenvalue weighted by Crippen LogP contribution is -2.34. The highest BCUT2D eigenvalue weighted by atomic mass is 32.1. The van der Waals surface area contributed by atoms with Gasteiger partial charge in [0.1, 0.15) is 10.6 Å². The number of para-hydroxylation sites is 1. The SMILES string of the molecule is C=CCNC1CCc2c(sc3ncn(CCc4ccccc4OC)c(=O)c23)C1. The van der Waals surface area contributed by atoms with Gasteiger partial charge in [-0.05, 0) is 42.9 Å². The Bertz CT molecular complexity index is 1050. The smallest absolute Gasteiger partial charge is 0.262 e. The fraction of sp³-hybridized carbons (Fsp3) is 0.364. The molecule has 1 aliphatic rings. The van der Waals surface area contributed by atoms with E-state index in [4.69, 9.17) is 4.74 Å². The highest BCUT2D eigenvalue weighted by Gasteiger charge is 2.24. The van der Waals surface area contributed by atoms with E-state index in [1.807, 2.05) is 30.3 Å². The lowest BCUT2D eigenvalue weighted by molar-refractivity contribution is 0.408. The molecular formula is C22H25N3O2S. The Kier molecular flexibility index (Phi) is 5.59. The molecule has 2 heterocycles. The monoisotopic (exact) mass is 395 g/mol. The maximum absolute atomic E-state index is 13.2. The summed E-state index contributed by atoms with van der Waals surface area (Å²) in [7, 11) is 1.67. The van der Waals surface area contributed by atoms with Gasteiger partial charge in [0.25, 0.3) is 5.56 Å². The zero-order valence-corrected chi connectivity index (χ0v) is 16.9. The van der Waals surface area contributed by atoms with Crippen molar-refractivity contribution in [3.05, 3.63) is 69.6 Å². The number of aryl methyl sites for hydroxylation is 3. The van der Waals surface area contributed by atoms with Crippen LogP contribution in [0.4, 0.5) is 0 Å². The van der Waals surface area contributed by atoms with Crippen LogP contribution in [0.2, 0.25) is 0 Å². The number of hydrogen-bond donors (Lipinski definition) is 1. The van der Waals surface area contributed by atoms with E-state index >= 15 is 0 Å². The van der Waals surface area contributed by atoms with Gasteiger partial charge in [-0.1, -0.05) is 24.3 Å². The fourth-order valence-electron chi connectivity index (χ4n) is 3.94. The van der Waals surface area contributed by atoms with E-state index in [1.165, 1.54) is 10.4 Å². The lowest BCUT2D eigenvalue weighted by atomic mass is 9.93. The normalized spacial score (nSPS) is 16.1. The second-order valence-corrected chi connectivity index (χ2v) is 8.21. The van der Waals surface area contributed by atoms with Crippen molar-refractivity contribution in [2.75, 3.05) is 13.7 Å². The van der Waals surface area contributed by atoms with Gasteiger partial charge in [-0.25, -0.2) is 4.98 Å². The van der Waals surface area contributed by atoms with Crippen LogP contribution >= 0.6 is 11.3 Å². The first-order valence-corrected chi connectivity index (χ1v) is 10.5. The van der Waals surface area contributed by atoms with Crippen LogP contribution in [0.1, 0.15) is 22.4 Å². The summed E-state index contributed by atoms with van der Waals surface area (Å²) in [6.45, 7) is 5.19. The lowest BCUT2D eigenvalue weighted by Gasteiger charge is -2.22. The van der Waals surface area contributed by atoms with E-state index in [0.717, 1.165) is 53.8 Å². The number of benzene rings is 1. The van der Waals surface area contributed by atoms with Gasteiger partial charge in [0, 0.05) is 24.0 Å². The highest BCUT2D eigenvalue weighted by Crippen LogP contribution is 2.33. The number of hydrogen-bond acceptors (Lipinski definition) is 5. The van der Waals surface area contributed by atoms with Crippen molar-refractivity contribution in [1.82, 2.24) is 14.9 Å². The number of nitrogens with one attached hydrogen (secondary N) is 1. The first-order chi connectivity index (χ1) is 13.7. The number of ether oxygens (including phenoxy) is 1. The van der Waals surface area contributed by atoms with Crippen molar-refractivity contribution < 1.29 is 4.74 Å². The largest absolute Gasteiger partial charge is 0.496 e. The van der Waals surface area contributed by atoms with E-state index in [2.05, 4.69) is 16.9 Å². The predicted molar refractivity (Wildman–Crippen MR) is 115 cm³/mol. The molecule has 1 N–H and O–H groups in total. The van der Waals surface area contributed by atoms with Gasteiger partial charge in [-0.15, -0.1) is 17.9 Å². The van der Waals surface area contributed by atoms with E-state index in [1.54, 1.807) is 29.3 Å². The summed E-state index contributed by atoms with van der Waals surface area (Å²) in [5.41, 5.74) is 2.39. The molecule has 0 saturated carbocycles. The zero-order chi connectivity index (χ0) is 19.5.